The fourth-order valence-electron chi connectivity index (χ4n) is 2.32. The maximum absolute atomic E-state index is 13.1. The summed E-state index contributed by atoms with van der Waals surface area (Å²) >= 11 is 0. The van der Waals surface area contributed by atoms with Gasteiger partial charge in [0.05, 0.1) is 0 Å². The highest BCUT2D eigenvalue weighted by Gasteiger charge is 2.33. The van der Waals surface area contributed by atoms with E-state index in [1.807, 2.05) is 13.8 Å². The van der Waals surface area contributed by atoms with Gasteiger partial charge in [0.15, 0.2) is 0 Å². The van der Waals surface area contributed by atoms with Crippen LogP contribution in [0.4, 0.5) is 4.39 Å². The molecule has 0 spiro atoms. The Morgan fingerprint density at radius 2 is 2.19 bits per heavy atom. The summed E-state index contributed by atoms with van der Waals surface area (Å²) in [6, 6.07) is 4.58. The van der Waals surface area contributed by atoms with Gasteiger partial charge in [-0.15, -0.1) is 0 Å². The predicted molar refractivity (Wildman–Crippen MR) is 59.7 cm³/mol. The molecule has 0 radical (unpaired) electrons. The van der Waals surface area contributed by atoms with Crippen molar-refractivity contribution in [2.75, 3.05) is 0 Å². The van der Waals surface area contributed by atoms with Gasteiger partial charge in [0.25, 0.3) is 0 Å². The Labute approximate surface area is 93.4 Å². The lowest BCUT2D eigenvalue weighted by Crippen LogP contribution is -2.11. The lowest BCUT2D eigenvalue weighted by Gasteiger charge is -2.17. The third-order valence-electron chi connectivity index (χ3n) is 2.99. The van der Waals surface area contributed by atoms with E-state index in [0.29, 0.717) is 12.0 Å². The Morgan fingerprint density at radius 3 is 2.81 bits per heavy atom. The number of benzene rings is 1. The Morgan fingerprint density at radius 1 is 1.50 bits per heavy atom. The number of aliphatic carboxylic acids is 1. The molecule has 1 N–H and O–H groups in total. The first-order valence-corrected chi connectivity index (χ1v) is 5.14. The van der Waals surface area contributed by atoms with E-state index in [1.54, 1.807) is 6.07 Å². The highest BCUT2D eigenvalue weighted by Crippen LogP contribution is 2.45. The zero-order valence-corrected chi connectivity index (χ0v) is 9.25. The molecule has 84 valence electrons. The molecular weight excluding hydrogens is 207 g/mol. The van der Waals surface area contributed by atoms with Crippen molar-refractivity contribution in [3.05, 3.63) is 41.2 Å². The van der Waals surface area contributed by atoms with Crippen LogP contribution >= 0.6 is 0 Å². The summed E-state index contributed by atoms with van der Waals surface area (Å²) in [6.45, 7) is 4.07. The molecule has 1 aromatic carbocycles. The molecule has 0 heterocycles. The monoisotopic (exact) mass is 220 g/mol. The summed E-state index contributed by atoms with van der Waals surface area (Å²) in [5.74, 6) is -1.31. The van der Waals surface area contributed by atoms with Gasteiger partial charge >= 0.3 is 5.97 Å². The van der Waals surface area contributed by atoms with Crippen molar-refractivity contribution in [1.82, 2.24) is 0 Å². The Bertz CT molecular complexity index is 487. The summed E-state index contributed by atoms with van der Waals surface area (Å²) in [7, 11) is 0. The minimum Gasteiger partial charge on any atom is -0.478 e. The highest BCUT2D eigenvalue weighted by atomic mass is 19.1. The van der Waals surface area contributed by atoms with Gasteiger partial charge in [-0.25, -0.2) is 9.18 Å². The normalized spacial score (nSPS) is 19.8. The Hall–Kier alpha value is -1.64. The topological polar surface area (TPSA) is 37.3 Å². The van der Waals surface area contributed by atoms with E-state index in [1.165, 1.54) is 18.2 Å². The highest BCUT2D eigenvalue weighted by molar-refractivity contribution is 5.92. The van der Waals surface area contributed by atoms with Crippen LogP contribution in [0.15, 0.2) is 24.3 Å². The average molecular weight is 220 g/mol. The van der Waals surface area contributed by atoms with Crippen LogP contribution in [0.25, 0.3) is 5.57 Å². The lowest BCUT2D eigenvalue weighted by atomic mass is 9.86. The fourth-order valence-corrected chi connectivity index (χ4v) is 2.32. The number of fused-ring (bicyclic) bond motifs is 1. The summed E-state index contributed by atoms with van der Waals surface area (Å²) in [6.07, 6.45) is 1.81. The van der Waals surface area contributed by atoms with E-state index in [4.69, 9.17) is 5.11 Å². The zero-order valence-electron chi connectivity index (χ0n) is 9.25. The van der Waals surface area contributed by atoms with Crippen LogP contribution in [0.5, 0.6) is 0 Å². The summed E-state index contributed by atoms with van der Waals surface area (Å²) in [4.78, 5) is 10.7. The van der Waals surface area contributed by atoms with E-state index >= 15 is 0 Å². The molecular formula is C13H13FO2. The SMILES string of the molecule is CC1(C)CC(=CC(=O)O)c2cc(F)ccc21. The third-order valence-corrected chi connectivity index (χ3v) is 2.99. The number of allylic oxidation sites excluding steroid dienone is 1. The van der Waals surface area contributed by atoms with E-state index in [9.17, 15) is 9.18 Å². The van der Waals surface area contributed by atoms with Crippen molar-refractivity contribution in [3.8, 4) is 0 Å². The first-order valence-electron chi connectivity index (χ1n) is 5.14. The van der Waals surface area contributed by atoms with Crippen molar-refractivity contribution in [3.63, 3.8) is 0 Å². The van der Waals surface area contributed by atoms with E-state index < -0.39 is 5.97 Å². The van der Waals surface area contributed by atoms with Gasteiger partial charge in [0, 0.05) is 6.08 Å². The number of rotatable bonds is 1. The van der Waals surface area contributed by atoms with Crippen LogP contribution in [-0.4, -0.2) is 11.1 Å². The molecule has 0 fully saturated rings. The Balaban J connectivity index is 2.60. The number of hydrogen-bond acceptors (Lipinski definition) is 1. The Kier molecular flexibility index (Phi) is 2.34. The molecule has 1 aliphatic carbocycles. The maximum Gasteiger partial charge on any atom is 0.328 e. The maximum atomic E-state index is 13.1. The van der Waals surface area contributed by atoms with Crippen molar-refractivity contribution in [2.24, 2.45) is 0 Å². The van der Waals surface area contributed by atoms with Crippen molar-refractivity contribution in [1.29, 1.82) is 0 Å². The number of halogens is 1. The quantitative estimate of drug-likeness (QED) is 0.739. The largest absolute Gasteiger partial charge is 0.478 e. The minimum absolute atomic E-state index is 0.121. The molecule has 0 bridgehead atoms. The van der Waals surface area contributed by atoms with Crippen molar-refractivity contribution < 1.29 is 14.3 Å². The molecule has 1 aromatic rings. The molecule has 3 heteroatoms. The molecule has 0 amide bonds. The summed E-state index contributed by atoms with van der Waals surface area (Å²) in [5, 5.41) is 8.77. The number of carbonyl (C=O) groups is 1. The zero-order chi connectivity index (χ0) is 11.9. The first kappa shape index (κ1) is 10.9. The van der Waals surface area contributed by atoms with E-state index in [0.717, 1.165) is 11.1 Å². The van der Waals surface area contributed by atoms with Gasteiger partial charge < -0.3 is 5.11 Å². The van der Waals surface area contributed by atoms with Gasteiger partial charge in [-0.2, -0.15) is 0 Å². The molecule has 0 unspecified atom stereocenters. The number of hydrogen-bond donors (Lipinski definition) is 1. The standard InChI is InChI=1S/C13H13FO2/c1-13(2)7-8(5-12(15)16)10-6-9(14)3-4-11(10)13/h3-6H,7H2,1-2H3,(H,15,16). The molecule has 2 rings (SSSR count). The van der Waals surface area contributed by atoms with Gasteiger partial charge in [-0.3, -0.25) is 0 Å². The summed E-state index contributed by atoms with van der Waals surface area (Å²) < 4.78 is 13.1. The number of carboxylic acids is 1. The van der Waals surface area contributed by atoms with Crippen LogP contribution in [0.3, 0.4) is 0 Å². The van der Waals surface area contributed by atoms with Crippen molar-refractivity contribution >= 4 is 11.5 Å². The molecule has 0 saturated heterocycles. The van der Waals surface area contributed by atoms with Gasteiger partial charge in [0.2, 0.25) is 0 Å². The lowest BCUT2D eigenvalue weighted by molar-refractivity contribution is -0.131. The molecule has 0 saturated carbocycles. The molecule has 16 heavy (non-hydrogen) atoms. The van der Waals surface area contributed by atoms with Gasteiger partial charge in [0.1, 0.15) is 5.82 Å². The van der Waals surface area contributed by atoms with Crippen LogP contribution < -0.4 is 0 Å². The van der Waals surface area contributed by atoms with Gasteiger partial charge in [-0.1, -0.05) is 19.9 Å². The number of carboxylic acid groups (broad SMARTS) is 1. The second-order valence-corrected chi connectivity index (χ2v) is 4.76. The molecule has 0 atom stereocenters. The van der Waals surface area contributed by atoms with Gasteiger partial charge in [-0.05, 0) is 40.7 Å². The van der Waals surface area contributed by atoms with E-state index in [-0.39, 0.29) is 11.2 Å². The van der Waals surface area contributed by atoms with Crippen LogP contribution in [0.1, 0.15) is 31.4 Å². The summed E-state index contributed by atoms with van der Waals surface area (Å²) in [5.41, 5.74) is 2.32. The second kappa shape index (κ2) is 3.44. The van der Waals surface area contributed by atoms with Crippen LogP contribution in [-0.2, 0) is 10.2 Å². The molecule has 0 aliphatic heterocycles. The molecule has 1 aliphatic rings. The van der Waals surface area contributed by atoms with Crippen molar-refractivity contribution in [2.45, 2.75) is 25.7 Å². The fraction of sp³-hybridized carbons (Fsp3) is 0.308. The minimum atomic E-state index is -0.983. The third kappa shape index (κ3) is 1.73. The molecule has 0 aromatic heterocycles. The van der Waals surface area contributed by atoms with Crippen LogP contribution in [0.2, 0.25) is 0 Å². The van der Waals surface area contributed by atoms with E-state index in [2.05, 4.69) is 0 Å². The first-order chi connectivity index (χ1) is 7.40. The average Bonchev–Trinajstić information content (AvgIpc) is 2.37. The smallest absolute Gasteiger partial charge is 0.328 e. The molecule has 2 nitrogen and oxygen atoms in total. The van der Waals surface area contributed by atoms with Crippen LogP contribution in [0, 0.1) is 5.82 Å². The second-order valence-electron chi connectivity index (χ2n) is 4.76. The predicted octanol–water partition coefficient (Wildman–Crippen LogP) is 2.98.